The molecule has 0 saturated carbocycles. The fourth-order valence-corrected chi connectivity index (χ4v) is 3.51. The number of hydrogen-bond acceptors (Lipinski definition) is 3. The van der Waals surface area contributed by atoms with Gasteiger partial charge in [0, 0.05) is 16.8 Å². The maximum Gasteiger partial charge on any atom is 0.416 e. The van der Waals surface area contributed by atoms with Gasteiger partial charge in [-0.3, -0.25) is 0 Å². The Morgan fingerprint density at radius 3 is 2.50 bits per heavy atom. The number of para-hydroxylation sites is 1. The summed E-state index contributed by atoms with van der Waals surface area (Å²) in [6, 6.07) is 13.6. The SMILES string of the molecule is O=C(O)c1ccc(-n2nc(Cc3c(Cl)cccc3C(F)(F)F)c3ccccc32)cn1. The van der Waals surface area contributed by atoms with E-state index >= 15 is 0 Å². The van der Waals surface area contributed by atoms with E-state index in [0.29, 0.717) is 22.3 Å². The summed E-state index contributed by atoms with van der Waals surface area (Å²) in [6.07, 6.45) is -3.32. The fraction of sp³-hybridized carbons (Fsp3) is 0.0952. The summed E-state index contributed by atoms with van der Waals surface area (Å²) in [5.41, 5.74) is 0.561. The quantitative estimate of drug-likeness (QED) is 0.471. The maximum absolute atomic E-state index is 13.5. The van der Waals surface area contributed by atoms with Crippen molar-refractivity contribution >= 4 is 28.5 Å². The van der Waals surface area contributed by atoms with Crippen LogP contribution >= 0.6 is 11.6 Å². The number of hydrogen-bond donors (Lipinski definition) is 1. The topological polar surface area (TPSA) is 68.0 Å². The molecule has 0 aliphatic carbocycles. The van der Waals surface area contributed by atoms with Gasteiger partial charge in [-0.05, 0) is 35.9 Å². The van der Waals surface area contributed by atoms with Crippen LogP contribution in [0, 0.1) is 0 Å². The van der Waals surface area contributed by atoms with Gasteiger partial charge in [0.15, 0.2) is 0 Å². The van der Waals surface area contributed by atoms with E-state index in [1.54, 1.807) is 24.3 Å². The predicted octanol–water partition coefficient (Wildman–Crippen LogP) is 5.38. The van der Waals surface area contributed by atoms with Crippen LogP contribution in [-0.2, 0) is 12.6 Å². The Morgan fingerprint density at radius 2 is 1.83 bits per heavy atom. The Balaban J connectivity index is 1.84. The second-order valence-corrected chi connectivity index (χ2v) is 6.93. The van der Waals surface area contributed by atoms with Crippen LogP contribution in [-0.4, -0.2) is 25.8 Å². The third-order valence-electron chi connectivity index (χ3n) is 4.64. The molecule has 0 amide bonds. The van der Waals surface area contributed by atoms with Crippen molar-refractivity contribution < 1.29 is 23.1 Å². The molecular weight excluding hydrogens is 419 g/mol. The standard InChI is InChI=1S/C21H13ClF3N3O2/c22-16-6-3-5-15(21(23,24)25)14(16)10-18-13-4-1-2-7-19(13)28(27-18)12-8-9-17(20(29)30)26-11-12/h1-9,11H,10H2,(H,29,30). The van der Waals surface area contributed by atoms with E-state index in [1.807, 2.05) is 0 Å². The Bertz CT molecular complexity index is 1250. The number of fused-ring (bicyclic) bond motifs is 1. The molecule has 2 heterocycles. The van der Waals surface area contributed by atoms with Crippen molar-refractivity contribution in [1.29, 1.82) is 0 Å². The molecule has 0 saturated heterocycles. The van der Waals surface area contributed by atoms with E-state index in [0.717, 1.165) is 6.07 Å². The number of rotatable bonds is 4. The van der Waals surface area contributed by atoms with E-state index in [4.69, 9.17) is 16.7 Å². The molecular formula is C21H13ClF3N3O2. The normalized spacial score (nSPS) is 11.7. The molecule has 152 valence electrons. The molecule has 0 bridgehead atoms. The Hall–Kier alpha value is -3.39. The van der Waals surface area contributed by atoms with Gasteiger partial charge in [0.05, 0.1) is 28.7 Å². The molecule has 0 spiro atoms. The first-order chi connectivity index (χ1) is 14.3. The smallest absolute Gasteiger partial charge is 0.416 e. The van der Waals surface area contributed by atoms with Gasteiger partial charge in [-0.15, -0.1) is 0 Å². The molecule has 30 heavy (non-hydrogen) atoms. The van der Waals surface area contributed by atoms with E-state index < -0.39 is 17.7 Å². The van der Waals surface area contributed by atoms with Crippen molar-refractivity contribution in [3.63, 3.8) is 0 Å². The highest BCUT2D eigenvalue weighted by Crippen LogP contribution is 2.37. The van der Waals surface area contributed by atoms with Crippen LogP contribution in [0.15, 0.2) is 60.8 Å². The van der Waals surface area contributed by atoms with E-state index in [2.05, 4.69) is 10.1 Å². The Kier molecular flexibility index (Phi) is 4.95. The molecule has 0 unspecified atom stereocenters. The molecule has 1 N–H and O–H groups in total. The number of halogens is 4. The maximum atomic E-state index is 13.5. The van der Waals surface area contributed by atoms with Crippen molar-refractivity contribution in [3.05, 3.63) is 88.3 Å². The third-order valence-corrected chi connectivity index (χ3v) is 5.00. The highest BCUT2D eigenvalue weighted by atomic mass is 35.5. The van der Waals surface area contributed by atoms with Crippen LogP contribution in [0.3, 0.4) is 0 Å². The van der Waals surface area contributed by atoms with Gasteiger partial charge in [0.25, 0.3) is 0 Å². The number of aromatic carboxylic acids is 1. The van der Waals surface area contributed by atoms with E-state index in [9.17, 15) is 18.0 Å². The van der Waals surface area contributed by atoms with Crippen molar-refractivity contribution in [3.8, 4) is 5.69 Å². The summed E-state index contributed by atoms with van der Waals surface area (Å²) in [4.78, 5) is 14.9. The van der Waals surface area contributed by atoms with Crippen LogP contribution in [0.4, 0.5) is 13.2 Å². The van der Waals surface area contributed by atoms with Crippen molar-refractivity contribution in [2.75, 3.05) is 0 Å². The lowest BCUT2D eigenvalue weighted by Crippen LogP contribution is -2.10. The minimum absolute atomic E-state index is 0.0101. The van der Waals surface area contributed by atoms with Gasteiger partial charge < -0.3 is 5.11 Å². The fourth-order valence-electron chi connectivity index (χ4n) is 3.27. The minimum Gasteiger partial charge on any atom is -0.477 e. The average Bonchev–Trinajstić information content (AvgIpc) is 3.07. The van der Waals surface area contributed by atoms with Crippen LogP contribution in [0.1, 0.15) is 27.3 Å². The summed E-state index contributed by atoms with van der Waals surface area (Å²) < 4.78 is 42.0. The molecule has 9 heteroatoms. The largest absolute Gasteiger partial charge is 0.477 e. The molecule has 4 rings (SSSR count). The molecule has 2 aromatic heterocycles. The number of nitrogens with zero attached hydrogens (tertiary/aromatic N) is 3. The summed E-state index contributed by atoms with van der Waals surface area (Å²) in [5, 5.41) is 14.2. The second-order valence-electron chi connectivity index (χ2n) is 6.52. The zero-order chi connectivity index (χ0) is 21.5. The molecule has 0 radical (unpaired) electrons. The first kappa shape index (κ1) is 19.9. The number of pyridine rings is 1. The Labute approximate surface area is 173 Å². The van der Waals surface area contributed by atoms with Crippen molar-refractivity contribution in [1.82, 2.24) is 14.8 Å². The summed E-state index contributed by atoms with van der Waals surface area (Å²) in [5.74, 6) is -1.16. The number of aromatic nitrogens is 3. The van der Waals surface area contributed by atoms with Crippen molar-refractivity contribution in [2.24, 2.45) is 0 Å². The zero-order valence-corrected chi connectivity index (χ0v) is 15.9. The molecule has 0 aliphatic rings. The predicted molar refractivity (Wildman–Crippen MR) is 105 cm³/mol. The monoisotopic (exact) mass is 431 g/mol. The molecule has 0 fully saturated rings. The van der Waals surface area contributed by atoms with E-state index in [-0.39, 0.29) is 22.7 Å². The van der Waals surface area contributed by atoms with Gasteiger partial charge in [0.2, 0.25) is 0 Å². The third kappa shape index (κ3) is 3.61. The number of benzene rings is 2. The van der Waals surface area contributed by atoms with Gasteiger partial charge in [-0.1, -0.05) is 35.9 Å². The molecule has 0 aliphatic heterocycles. The summed E-state index contributed by atoms with van der Waals surface area (Å²) in [6.45, 7) is 0. The van der Waals surface area contributed by atoms with Crippen LogP contribution in [0.2, 0.25) is 5.02 Å². The van der Waals surface area contributed by atoms with Gasteiger partial charge >= 0.3 is 12.1 Å². The molecule has 2 aromatic carbocycles. The van der Waals surface area contributed by atoms with Crippen molar-refractivity contribution in [2.45, 2.75) is 12.6 Å². The summed E-state index contributed by atoms with van der Waals surface area (Å²) in [7, 11) is 0. The number of carboxylic acids is 1. The Morgan fingerprint density at radius 1 is 1.07 bits per heavy atom. The lowest BCUT2D eigenvalue weighted by molar-refractivity contribution is -0.138. The number of carbonyl (C=O) groups is 1. The first-order valence-electron chi connectivity index (χ1n) is 8.76. The molecule has 4 aromatic rings. The molecule has 5 nitrogen and oxygen atoms in total. The zero-order valence-electron chi connectivity index (χ0n) is 15.2. The van der Waals surface area contributed by atoms with Crippen LogP contribution in [0.25, 0.3) is 16.6 Å². The van der Waals surface area contributed by atoms with Crippen LogP contribution in [0.5, 0.6) is 0 Å². The van der Waals surface area contributed by atoms with Gasteiger partial charge in [0.1, 0.15) is 5.69 Å². The lowest BCUT2D eigenvalue weighted by atomic mass is 10.0. The van der Waals surface area contributed by atoms with Gasteiger partial charge in [-0.2, -0.15) is 18.3 Å². The van der Waals surface area contributed by atoms with E-state index in [1.165, 1.54) is 35.1 Å². The second kappa shape index (κ2) is 7.46. The first-order valence-corrected chi connectivity index (χ1v) is 9.14. The highest BCUT2D eigenvalue weighted by Gasteiger charge is 2.34. The molecule has 0 atom stereocenters. The summed E-state index contributed by atoms with van der Waals surface area (Å²) >= 11 is 6.11. The lowest BCUT2D eigenvalue weighted by Gasteiger charge is -2.13. The highest BCUT2D eigenvalue weighted by molar-refractivity contribution is 6.31. The minimum atomic E-state index is -4.55. The number of carboxylic acid groups (broad SMARTS) is 1. The van der Waals surface area contributed by atoms with Gasteiger partial charge in [-0.25, -0.2) is 14.5 Å². The number of alkyl halides is 3. The average molecular weight is 432 g/mol. The van der Waals surface area contributed by atoms with Crippen LogP contribution < -0.4 is 0 Å².